The molecule has 17 aromatic rings. The minimum Gasteiger partial charge on any atom is -0.456 e. The van der Waals surface area contributed by atoms with E-state index in [4.69, 9.17) is 4.42 Å². The molecular formula is C76H46N2O. The molecule has 0 atom stereocenters. The van der Waals surface area contributed by atoms with Crippen molar-refractivity contribution in [2.24, 2.45) is 0 Å². The Morgan fingerprint density at radius 2 is 0.582 bits per heavy atom. The normalized spacial score (nSPS) is 12.1. The van der Waals surface area contributed by atoms with Gasteiger partial charge in [-0.3, -0.25) is 0 Å². The van der Waals surface area contributed by atoms with Gasteiger partial charge in [0.2, 0.25) is 0 Å². The summed E-state index contributed by atoms with van der Waals surface area (Å²) in [5.41, 5.74) is 18.4. The first kappa shape index (κ1) is 43.7. The van der Waals surface area contributed by atoms with Crippen LogP contribution in [0.15, 0.2) is 283 Å². The molecule has 3 nitrogen and oxygen atoms in total. The summed E-state index contributed by atoms with van der Waals surface area (Å²) in [4.78, 5) is 0. The van der Waals surface area contributed by atoms with Crippen LogP contribution in [-0.4, -0.2) is 9.13 Å². The molecule has 0 bridgehead atoms. The van der Waals surface area contributed by atoms with Crippen LogP contribution in [0.2, 0.25) is 0 Å². The number of hydrogen-bond donors (Lipinski definition) is 0. The number of fused-ring (bicyclic) bond motifs is 13. The van der Waals surface area contributed by atoms with Gasteiger partial charge >= 0.3 is 0 Å². The van der Waals surface area contributed by atoms with Gasteiger partial charge in [-0.15, -0.1) is 0 Å². The second-order valence-corrected chi connectivity index (χ2v) is 21.0. The smallest absolute Gasteiger partial charge is 0.136 e. The first-order valence-corrected chi connectivity index (χ1v) is 27.3. The van der Waals surface area contributed by atoms with E-state index < -0.39 is 0 Å². The molecule has 3 heterocycles. The van der Waals surface area contributed by atoms with Crippen molar-refractivity contribution in [2.45, 2.75) is 0 Å². The molecular weight excluding hydrogens is 957 g/mol. The van der Waals surface area contributed by atoms with Crippen LogP contribution in [0.3, 0.4) is 0 Å². The summed E-state index contributed by atoms with van der Waals surface area (Å²) in [7, 11) is 0. The van der Waals surface area contributed by atoms with E-state index >= 15 is 0 Å². The predicted molar refractivity (Wildman–Crippen MR) is 334 cm³/mol. The number of hydrogen-bond acceptors (Lipinski definition) is 1. The lowest BCUT2D eigenvalue weighted by Gasteiger charge is -2.20. The fraction of sp³-hybridized carbons (Fsp3) is 0. The van der Waals surface area contributed by atoms with Gasteiger partial charge in [0, 0.05) is 54.8 Å². The van der Waals surface area contributed by atoms with Gasteiger partial charge < -0.3 is 13.6 Å². The highest BCUT2D eigenvalue weighted by Gasteiger charge is 2.26. The van der Waals surface area contributed by atoms with Gasteiger partial charge in [-0.1, -0.05) is 224 Å². The minimum atomic E-state index is 0.863. The molecule has 17 rings (SSSR count). The van der Waals surface area contributed by atoms with Crippen LogP contribution in [0.5, 0.6) is 0 Å². The fourth-order valence-corrected chi connectivity index (χ4v) is 13.8. The van der Waals surface area contributed by atoms with Gasteiger partial charge in [0.15, 0.2) is 0 Å². The van der Waals surface area contributed by atoms with Gasteiger partial charge in [-0.25, -0.2) is 0 Å². The standard InChI is InChI=1S/C76H46N2O/c1-3-22-48(23-4-1)77-66-41-17-15-26-50(66)60-36-19-39-63(75(60)77)72-54-30-9-7-28-52(54)70(53-29-8-10-31-55(53)72)47-44-45-68-65(46-47)74-62(38-21-43-69(74)79-68)71-56-32-11-13-34-58(56)73(59-35-14-12-33-57(59)71)64-40-20-37-61-51-27-16-18-42-67(51)78(76(61)64)49-24-5-2-6-25-49/h1-46H. The second kappa shape index (κ2) is 17.0. The monoisotopic (exact) mass is 1000 g/mol. The van der Waals surface area contributed by atoms with Crippen LogP contribution in [-0.2, 0) is 0 Å². The van der Waals surface area contributed by atoms with Crippen molar-refractivity contribution in [2.75, 3.05) is 0 Å². The molecule has 0 amide bonds. The molecule has 0 fully saturated rings. The summed E-state index contributed by atoms with van der Waals surface area (Å²) < 4.78 is 11.8. The van der Waals surface area contributed by atoms with Crippen molar-refractivity contribution in [1.29, 1.82) is 0 Å². The lowest BCUT2D eigenvalue weighted by molar-refractivity contribution is 0.669. The molecule has 0 aliphatic rings. The largest absolute Gasteiger partial charge is 0.456 e. The fourth-order valence-electron chi connectivity index (χ4n) is 13.8. The zero-order valence-electron chi connectivity index (χ0n) is 42.9. The Labute approximate surface area is 454 Å². The first-order valence-electron chi connectivity index (χ1n) is 27.3. The van der Waals surface area contributed by atoms with Gasteiger partial charge in [-0.2, -0.15) is 0 Å². The lowest BCUT2D eigenvalue weighted by Crippen LogP contribution is -1.97. The second-order valence-electron chi connectivity index (χ2n) is 21.0. The topological polar surface area (TPSA) is 23.0 Å². The van der Waals surface area contributed by atoms with Gasteiger partial charge in [0.1, 0.15) is 11.2 Å². The van der Waals surface area contributed by atoms with Crippen molar-refractivity contribution in [1.82, 2.24) is 9.13 Å². The van der Waals surface area contributed by atoms with Crippen LogP contribution in [0, 0.1) is 0 Å². The van der Waals surface area contributed by atoms with Crippen molar-refractivity contribution >= 4 is 109 Å². The first-order chi connectivity index (χ1) is 39.3. The van der Waals surface area contributed by atoms with Gasteiger partial charge in [0.05, 0.1) is 22.1 Å². The number of para-hydroxylation sites is 6. The third kappa shape index (κ3) is 6.30. The molecule has 14 aromatic carbocycles. The van der Waals surface area contributed by atoms with E-state index in [0.29, 0.717) is 0 Å². The highest BCUT2D eigenvalue weighted by atomic mass is 16.3. The maximum atomic E-state index is 6.92. The van der Waals surface area contributed by atoms with Crippen LogP contribution < -0.4 is 0 Å². The minimum absolute atomic E-state index is 0.863. The van der Waals surface area contributed by atoms with E-state index in [1.807, 2.05) is 0 Å². The summed E-state index contributed by atoms with van der Waals surface area (Å²) in [6, 6.07) is 102. The summed E-state index contributed by atoms with van der Waals surface area (Å²) >= 11 is 0. The predicted octanol–water partition coefficient (Wildman–Crippen LogP) is 21.1. The Bertz CT molecular complexity index is 5250. The summed E-state index contributed by atoms with van der Waals surface area (Å²) in [6.45, 7) is 0. The van der Waals surface area contributed by atoms with E-state index in [-0.39, 0.29) is 0 Å². The van der Waals surface area contributed by atoms with Crippen LogP contribution in [0.1, 0.15) is 0 Å². The molecule has 0 aliphatic heterocycles. The molecule has 0 saturated carbocycles. The SMILES string of the molecule is c1ccc(-n2c3ccccc3c3cccc(-c4c5ccccc5c(-c5ccc6oc7cccc(-c8c9ccccc9c(-c9cccc%10c%11ccccc%11n(-c%11ccccc%11)c9%10)c9ccccc89)c7c6c5)c5ccccc45)c32)cc1. The molecule has 366 valence electrons. The van der Waals surface area contributed by atoms with Crippen LogP contribution >= 0.6 is 0 Å². The zero-order valence-corrected chi connectivity index (χ0v) is 42.9. The number of rotatable bonds is 6. The Morgan fingerprint density at radius 1 is 0.228 bits per heavy atom. The Kier molecular flexibility index (Phi) is 9.42. The lowest BCUT2D eigenvalue weighted by atomic mass is 9.84. The molecule has 3 aromatic heterocycles. The van der Waals surface area contributed by atoms with E-state index in [1.165, 1.54) is 120 Å². The third-order valence-electron chi connectivity index (χ3n) is 16.9. The average Bonchev–Trinajstić information content (AvgIpc) is 4.09. The molecule has 0 radical (unpaired) electrons. The molecule has 0 aliphatic carbocycles. The average molecular weight is 1000 g/mol. The van der Waals surface area contributed by atoms with Gasteiger partial charge in [0.25, 0.3) is 0 Å². The molecule has 0 unspecified atom stereocenters. The summed E-state index contributed by atoms with van der Waals surface area (Å²) in [5, 5.41) is 16.8. The quantitative estimate of drug-likeness (QED) is 0.152. The zero-order chi connectivity index (χ0) is 51.7. The molecule has 0 spiro atoms. The summed E-state index contributed by atoms with van der Waals surface area (Å²) in [6.07, 6.45) is 0. The molecule has 79 heavy (non-hydrogen) atoms. The van der Waals surface area contributed by atoms with Crippen LogP contribution in [0.25, 0.3) is 165 Å². The van der Waals surface area contributed by atoms with E-state index in [2.05, 4.69) is 288 Å². The Hall–Kier alpha value is -10.5. The van der Waals surface area contributed by atoms with E-state index in [0.717, 1.165) is 44.4 Å². The summed E-state index contributed by atoms with van der Waals surface area (Å²) in [5.74, 6) is 0. The van der Waals surface area contributed by atoms with Crippen molar-refractivity contribution in [3.05, 3.63) is 279 Å². The highest BCUT2D eigenvalue weighted by Crippen LogP contribution is 2.51. The van der Waals surface area contributed by atoms with E-state index in [9.17, 15) is 0 Å². The molecule has 0 saturated heterocycles. The van der Waals surface area contributed by atoms with E-state index in [1.54, 1.807) is 0 Å². The third-order valence-corrected chi connectivity index (χ3v) is 16.9. The highest BCUT2D eigenvalue weighted by molar-refractivity contribution is 6.29. The number of benzene rings is 14. The maximum Gasteiger partial charge on any atom is 0.136 e. The van der Waals surface area contributed by atoms with Crippen molar-refractivity contribution < 1.29 is 4.42 Å². The van der Waals surface area contributed by atoms with Gasteiger partial charge in [-0.05, 0) is 131 Å². The molecule has 3 heteroatoms. The number of aromatic nitrogens is 2. The van der Waals surface area contributed by atoms with Crippen LogP contribution in [0.4, 0.5) is 0 Å². The Morgan fingerprint density at radius 3 is 1.04 bits per heavy atom. The van der Waals surface area contributed by atoms with Crippen molar-refractivity contribution in [3.63, 3.8) is 0 Å². The van der Waals surface area contributed by atoms with Crippen molar-refractivity contribution in [3.8, 4) is 55.9 Å². The number of nitrogens with zero attached hydrogens (tertiary/aromatic N) is 2. The molecule has 0 N–H and O–H groups in total. The maximum absolute atomic E-state index is 6.92. The number of furan rings is 1. The Balaban J connectivity index is 0.914.